The molecule has 126 valence electrons. The molecule has 0 saturated heterocycles. The summed E-state index contributed by atoms with van der Waals surface area (Å²) in [6, 6.07) is 10.1. The van der Waals surface area contributed by atoms with Crippen LogP contribution in [0.1, 0.15) is 25.8 Å². The van der Waals surface area contributed by atoms with Crippen molar-refractivity contribution in [1.29, 1.82) is 0 Å². The van der Waals surface area contributed by atoms with Gasteiger partial charge in [0.1, 0.15) is 5.82 Å². The lowest BCUT2D eigenvalue weighted by atomic mass is 9.87. The number of benzene rings is 1. The van der Waals surface area contributed by atoms with E-state index in [4.69, 9.17) is 0 Å². The van der Waals surface area contributed by atoms with Gasteiger partial charge >= 0.3 is 0 Å². The Hall–Kier alpha value is -2.43. The lowest BCUT2D eigenvalue weighted by molar-refractivity contribution is -0.124. The van der Waals surface area contributed by atoms with Gasteiger partial charge in [-0.15, -0.1) is 0 Å². The molecule has 1 heterocycles. The molecule has 0 unspecified atom stereocenters. The van der Waals surface area contributed by atoms with Crippen LogP contribution < -0.4 is 10.6 Å². The number of pyridine rings is 1. The second-order valence-electron chi connectivity index (χ2n) is 6.90. The van der Waals surface area contributed by atoms with Crippen LogP contribution in [0.15, 0.2) is 48.8 Å². The van der Waals surface area contributed by atoms with Crippen molar-refractivity contribution in [2.75, 3.05) is 18.4 Å². The molecule has 0 aliphatic heterocycles. The maximum Gasteiger partial charge on any atom is 0.231 e. The molecule has 0 radical (unpaired) electrons. The third-order valence-corrected chi connectivity index (χ3v) is 4.86. The van der Waals surface area contributed by atoms with Crippen molar-refractivity contribution < 1.29 is 9.18 Å². The number of amides is 1. The normalized spacial score (nSPS) is 21.1. The van der Waals surface area contributed by atoms with Crippen LogP contribution in [0.5, 0.6) is 0 Å². The molecule has 0 spiro atoms. The first-order valence-electron chi connectivity index (χ1n) is 8.14. The van der Waals surface area contributed by atoms with Crippen LogP contribution in [0.25, 0.3) is 0 Å². The zero-order valence-electron chi connectivity index (χ0n) is 14.0. The maximum absolute atomic E-state index is 13.2. The van der Waals surface area contributed by atoms with Crippen molar-refractivity contribution in [1.82, 2.24) is 10.3 Å². The van der Waals surface area contributed by atoms with Crippen molar-refractivity contribution in [3.8, 4) is 0 Å². The largest absolute Gasteiger partial charge is 0.382 e. The lowest BCUT2D eigenvalue weighted by Crippen LogP contribution is -2.39. The Morgan fingerprint density at radius 2 is 1.92 bits per heavy atom. The molecule has 1 aromatic carbocycles. The van der Waals surface area contributed by atoms with Gasteiger partial charge < -0.3 is 10.6 Å². The molecule has 1 aliphatic carbocycles. The summed E-state index contributed by atoms with van der Waals surface area (Å²) in [6.07, 6.45) is 4.23. The Balaban J connectivity index is 1.61. The van der Waals surface area contributed by atoms with E-state index in [0.717, 1.165) is 17.7 Å². The van der Waals surface area contributed by atoms with E-state index in [1.165, 1.54) is 12.1 Å². The number of nitrogens with one attached hydrogen (secondary N) is 2. The second kappa shape index (κ2) is 6.23. The Kier molecular flexibility index (Phi) is 4.26. The molecule has 5 heteroatoms. The second-order valence-corrected chi connectivity index (χ2v) is 6.90. The Morgan fingerprint density at radius 3 is 2.50 bits per heavy atom. The van der Waals surface area contributed by atoms with Crippen molar-refractivity contribution in [3.05, 3.63) is 60.2 Å². The molecule has 1 aliphatic rings. The standard InChI is InChI=1S/C19H22FN3O/c1-18(2)13-19(18,14-5-7-15(20)8-6-14)17(24)23-11-10-22-16-4-3-9-21-12-16/h3-9,12,22H,10-11,13H2,1-2H3,(H,23,24)/t19-/m1/s1. The van der Waals surface area contributed by atoms with Gasteiger partial charge in [0, 0.05) is 25.5 Å². The van der Waals surface area contributed by atoms with E-state index < -0.39 is 5.41 Å². The molecule has 1 saturated carbocycles. The number of halogens is 1. The Labute approximate surface area is 141 Å². The SMILES string of the molecule is CC1(C)C[C@]1(C(=O)NCCNc1cccnc1)c1ccc(F)cc1. The summed E-state index contributed by atoms with van der Waals surface area (Å²) in [6.45, 7) is 5.29. The lowest BCUT2D eigenvalue weighted by Gasteiger charge is -2.21. The highest BCUT2D eigenvalue weighted by Gasteiger charge is 2.66. The van der Waals surface area contributed by atoms with Gasteiger partial charge in [-0.05, 0) is 41.7 Å². The third-order valence-electron chi connectivity index (χ3n) is 4.86. The highest BCUT2D eigenvalue weighted by Crippen LogP contribution is 2.64. The molecule has 2 N–H and O–H groups in total. The number of carbonyl (C=O) groups excluding carboxylic acids is 1. The molecule has 0 bridgehead atoms. The van der Waals surface area contributed by atoms with E-state index in [9.17, 15) is 9.18 Å². The average Bonchev–Trinajstić information content (AvgIpc) is 3.17. The van der Waals surface area contributed by atoms with Crippen molar-refractivity contribution in [2.45, 2.75) is 25.7 Å². The van der Waals surface area contributed by atoms with Crippen molar-refractivity contribution in [2.24, 2.45) is 5.41 Å². The molecule has 1 atom stereocenters. The van der Waals surface area contributed by atoms with E-state index in [2.05, 4.69) is 29.5 Å². The summed E-state index contributed by atoms with van der Waals surface area (Å²) < 4.78 is 13.2. The van der Waals surface area contributed by atoms with Gasteiger partial charge in [-0.2, -0.15) is 0 Å². The van der Waals surface area contributed by atoms with Crippen LogP contribution in [-0.4, -0.2) is 24.0 Å². The van der Waals surface area contributed by atoms with Gasteiger partial charge in [0.2, 0.25) is 5.91 Å². The van der Waals surface area contributed by atoms with Gasteiger partial charge in [-0.25, -0.2) is 4.39 Å². The van der Waals surface area contributed by atoms with Crippen molar-refractivity contribution >= 4 is 11.6 Å². The highest BCUT2D eigenvalue weighted by atomic mass is 19.1. The first kappa shape index (κ1) is 16.4. The maximum atomic E-state index is 13.2. The van der Waals surface area contributed by atoms with Crippen LogP contribution >= 0.6 is 0 Å². The molecule has 4 nitrogen and oxygen atoms in total. The first-order valence-corrected chi connectivity index (χ1v) is 8.14. The molecule has 1 fully saturated rings. The summed E-state index contributed by atoms with van der Waals surface area (Å²) in [5.41, 5.74) is 1.12. The van der Waals surface area contributed by atoms with E-state index in [-0.39, 0.29) is 17.1 Å². The fraction of sp³-hybridized carbons (Fsp3) is 0.368. The minimum absolute atomic E-state index is 0.00657. The quantitative estimate of drug-likeness (QED) is 0.802. The van der Waals surface area contributed by atoms with Gasteiger partial charge in [0.25, 0.3) is 0 Å². The molecule has 2 aromatic rings. The fourth-order valence-corrected chi connectivity index (χ4v) is 3.37. The number of hydrogen-bond donors (Lipinski definition) is 2. The zero-order chi connectivity index (χ0) is 17.2. The zero-order valence-corrected chi connectivity index (χ0v) is 14.0. The number of carbonyl (C=O) groups is 1. The van der Waals surface area contributed by atoms with E-state index >= 15 is 0 Å². The molecule has 1 amide bonds. The van der Waals surface area contributed by atoms with Gasteiger partial charge in [-0.1, -0.05) is 26.0 Å². The van der Waals surface area contributed by atoms with Gasteiger partial charge in [-0.3, -0.25) is 9.78 Å². The summed E-state index contributed by atoms with van der Waals surface area (Å²) >= 11 is 0. The van der Waals surface area contributed by atoms with E-state index in [1.807, 2.05) is 12.1 Å². The van der Waals surface area contributed by atoms with E-state index in [0.29, 0.717) is 13.1 Å². The number of hydrogen-bond acceptors (Lipinski definition) is 3. The molecular formula is C19H22FN3O. The Morgan fingerprint density at radius 1 is 1.21 bits per heavy atom. The molecule has 3 rings (SSSR count). The highest BCUT2D eigenvalue weighted by molar-refractivity contribution is 5.93. The van der Waals surface area contributed by atoms with Crippen LogP contribution in [0.2, 0.25) is 0 Å². The minimum Gasteiger partial charge on any atom is -0.382 e. The van der Waals surface area contributed by atoms with E-state index in [1.54, 1.807) is 24.5 Å². The number of aromatic nitrogens is 1. The van der Waals surface area contributed by atoms with Crippen LogP contribution in [0.3, 0.4) is 0 Å². The fourth-order valence-electron chi connectivity index (χ4n) is 3.37. The summed E-state index contributed by atoms with van der Waals surface area (Å²) in [7, 11) is 0. The molecular weight excluding hydrogens is 305 g/mol. The predicted molar refractivity (Wildman–Crippen MR) is 92.2 cm³/mol. The van der Waals surface area contributed by atoms with Gasteiger partial charge in [0.15, 0.2) is 0 Å². The molecule has 1 aromatic heterocycles. The minimum atomic E-state index is -0.561. The summed E-state index contributed by atoms with van der Waals surface area (Å²) in [4.78, 5) is 16.8. The topological polar surface area (TPSA) is 54.0 Å². The Bertz CT molecular complexity index is 715. The van der Waals surface area contributed by atoms with Gasteiger partial charge in [0.05, 0.1) is 11.1 Å². The average molecular weight is 327 g/mol. The monoisotopic (exact) mass is 327 g/mol. The molecule has 24 heavy (non-hydrogen) atoms. The van der Waals surface area contributed by atoms with Crippen LogP contribution in [0.4, 0.5) is 10.1 Å². The summed E-state index contributed by atoms with van der Waals surface area (Å²) in [5.74, 6) is -0.277. The number of nitrogens with zero attached hydrogens (tertiary/aromatic N) is 1. The van der Waals surface area contributed by atoms with Crippen LogP contribution in [0, 0.1) is 11.2 Å². The predicted octanol–water partition coefficient (Wildman–Crippen LogP) is 3.12. The third kappa shape index (κ3) is 2.98. The van der Waals surface area contributed by atoms with Crippen LogP contribution in [-0.2, 0) is 10.2 Å². The summed E-state index contributed by atoms with van der Waals surface area (Å²) in [5, 5.41) is 6.22. The first-order chi connectivity index (χ1) is 11.5. The smallest absolute Gasteiger partial charge is 0.231 e. The number of rotatable bonds is 6. The van der Waals surface area contributed by atoms with Crippen molar-refractivity contribution in [3.63, 3.8) is 0 Å². The number of anilines is 1.